The third-order valence-electron chi connectivity index (χ3n) is 5.00. The second-order valence-corrected chi connectivity index (χ2v) is 9.11. The van der Waals surface area contributed by atoms with Crippen molar-refractivity contribution in [1.29, 1.82) is 0 Å². The van der Waals surface area contributed by atoms with Crippen LogP contribution < -0.4 is 0 Å². The Labute approximate surface area is 117 Å². The van der Waals surface area contributed by atoms with E-state index in [1.54, 1.807) is 0 Å². The van der Waals surface area contributed by atoms with Gasteiger partial charge in [-0.3, -0.25) is 0 Å². The van der Waals surface area contributed by atoms with Crippen LogP contribution in [-0.4, -0.2) is 0 Å². The molecule has 18 heavy (non-hydrogen) atoms. The van der Waals surface area contributed by atoms with Crippen molar-refractivity contribution >= 4 is 0 Å². The molecule has 0 N–H and O–H groups in total. The minimum atomic E-state index is 0.331. The van der Waals surface area contributed by atoms with Gasteiger partial charge < -0.3 is 0 Å². The van der Waals surface area contributed by atoms with Gasteiger partial charge in [0.15, 0.2) is 0 Å². The summed E-state index contributed by atoms with van der Waals surface area (Å²) in [7, 11) is 0. The van der Waals surface area contributed by atoms with E-state index in [0.717, 1.165) is 0 Å². The Balaban J connectivity index is 5.61. The molecule has 0 atom stereocenters. The van der Waals surface area contributed by atoms with Crippen LogP contribution in [0.25, 0.3) is 0 Å². The molecule has 0 radical (unpaired) electrons. The molecule has 0 unspecified atom stereocenters. The quantitative estimate of drug-likeness (QED) is 0.490. The summed E-state index contributed by atoms with van der Waals surface area (Å²) in [5.74, 6) is 0. The summed E-state index contributed by atoms with van der Waals surface area (Å²) in [6, 6.07) is 0. The van der Waals surface area contributed by atoms with Gasteiger partial charge in [-0.2, -0.15) is 0 Å². The average Bonchev–Trinajstić information content (AvgIpc) is 2.05. The number of rotatable bonds is 4. The fourth-order valence-electron chi connectivity index (χ4n) is 5.14. The molecule has 0 bridgehead atoms. The van der Waals surface area contributed by atoms with Crippen molar-refractivity contribution in [2.75, 3.05) is 0 Å². The van der Waals surface area contributed by atoms with Gasteiger partial charge in [0.05, 0.1) is 0 Å². The number of unbranched alkanes of at least 4 members (excludes halogenated alkanes) is 2. The van der Waals surface area contributed by atoms with Gasteiger partial charge in [-0.15, -0.1) is 0 Å². The molecule has 0 aliphatic carbocycles. The van der Waals surface area contributed by atoms with Gasteiger partial charge in [-0.1, -0.05) is 88.5 Å². The molecular formula is C18H38. The van der Waals surface area contributed by atoms with E-state index in [0.29, 0.717) is 21.7 Å². The lowest BCUT2D eigenvalue weighted by Gasteiger charge is -2.62. The van der Waals surface area contributed by atoms with Crippen LogP contribution in [0.4, 0.5) is 0 Å². The van der Waals surface area contributed by atoms with Gasteiger partial charge in [0.1, 0.15) is 0 Å². The largest absolute Gasteiger partial charge is 0.0654 e. The molecule has 0 saturated heterocycles. The van der Waals surface area contributed by atoms with Gasteiger partial charge in [0.2, 0.25) is 0 Å². The summed E-state index contributed by atoms with van der Waals surface area (Å²) < 4.78 is 0. The molecule has 0 spiro atoms. The molecule has 0 rings (SSSR count). The molecule has 0 aromatic carbocycles. The standard InChI is InChI=1S/C18H38/c1-11-12-13-14-18(15(2,3)4,16(5,6)7)17(8,9)10/h11-14H2,1-10H3. The summed E-state index contributed by atoms with van der Waals surface area (Å²) in [5.41, 5.74) is 1.36. The Morgan fingerprint density at radius 2 is 0.889 bits per heavy atom. The number of hydrogen-bond donors (Lipinski definition) is 0. The predicted molar refractivity (Wildman–Crippen MR) is 84.9 cm³/mol. The Hall–Kier alpha value is 0. The summed E-state index contributed by atoms with van der Waals surface area (Å²) in [6.07, 6.45) is 5.39. The van der Waals surface area contributed by atoms with Crippen LogP contribution in [0.1, 0.15) is 94.9 Å². The maximum absolute atomic E-state index is 2.44. The average molecular weight is 255 g/mol. The molecule has 0 fully saturated rings. The van der Waals surface area contributed by atoms with Crippen LogP contribution in [0, 0.1) is 21.7 Å². The zero-order valence-corrected chi connectivity index (χ0v) is 14.8. The van der Waals surface area contributed by atoms with E-state index < -0.39 is 0 Å². The highest BCUT2D eigenvalue weighted by atomic mass is 14.6. The monoisotopic (exact) mass is 254 g/mol. The van der Waals surface area contributed by atoms with Crippen molar-refractivity contribution in [3.8, 4) is 0 Å². The third kappa shape index (κ3) is 3.31. The second kappa shape index (κ2) is 5.55. The summed E-state index contributed by atoms with van der Waals surface area (Å²) in [5, 5.41) is 0. The first-order valence-corrected chi connectivity index (χ1v) is 7.81. The lowest BCUT2D eigenvalue weighted by molar-refractivity contribution is -0.129. The molecule has 0 amide bonds. The van der Waals surface area contributed by atoms with Gasteiger partial charge in [-0.05, 0) is 28.1 Å². The Bertz CT molecular complexity index is 203. The molecule has 0 aliphatic rings. The molecular weight excluding hydrogens is 216 g/mol. The molecule has 0 aromatic heterocycles. The van der Waals surface area contributed by atoms with Gasteiger partial charge >= 0.3 is 0 Å². The van der Waals surface area contributed by atoms with Gasteiger partial charge in [0, 0.05) is 0 Å². The third-order valence-corrected chi connectivity index (χ3v) is 5.00. The van der Waals surface area contributed by atoms with Crippen molar-refractivity contribution in [1.82, 2.24) is 0 Å². The van der Waals surface area contributed by atoms with Crippen LogP contribution in [-0.2, 0) is 0 Å². The Morgan fingerprint density at radius 1 is 0.556 bits per heavy atom. The summed E-state index contributed by atoms with van der Waals surface area (Å²) >= 11 is 0. The normalized spacial score (nSPS) is 15.0. The van der Waals surface area contributed by atoms with Crippen LogP contribution in [0.5, 0.6) is 0 Å². The van der Waals surface area contributed by atoms with Crippen molar-refractivity contribution in [3.05, 3.63) is 0 Å². The molecule has 110 valence electrons. The maximum atomic E-state index is 2.44. The van der Waals surface area contributed by atoms with Crippen molar-refractivity contribution in [3.63, 3.8) is 0 Å². The van der Waals surface area contributed by atoms with Crippen LogP contribution in [0.15, 0.2) is 0 Å². The highest BCUT2D eigenvalue weighted by molar-refractivity contribution is 5.04. The fourth-order valence-corrected chi connectivity index (χ4v) is 5.14. The molecule has 0 aliphatic heterocycles. The second-order valence-electron chi connectivity index (χ2n) is 9.11. The van der Waals surface area contributed by atoms with Crippen molar-refractivity contribution in [2.45, 2.75) is 94.9 Å². The van der Waals surface area contributed by atoms with Gasteiger partial charge in [0.25, 0.3) is 0 Å². The van der Waals surface area contributed by atoms with Crippen LogP contribution >= 0.6 is 0 Å². The van der Waals surface area contributed by atoms with E-state index in [1.165, 1.54) is 25.7 Å². The minimum Gasteiger partial charge on any atom is -0.0654 e. The first-order valence-electron chi connectivity index (χ1n) is 7.81. The van der Waals surface area contributed by atoms with E-state index in [2.05, 4.69) is 69.2 Å². The zero-order chi connectivity index (χ0) is 14.8. The Morgan fingerprint density at radius 3 is 1.11 bits per heavy atom. The molecule has 0 aromatic rings. The van der Waals surface area contributed by atoms with Crippen LogP contribution in [0.2, 0.25) is 0 Å². The van der Waals surface area contributed by atoms with E-state index in [4.69, 9.17) is 0 Å². The van der Waals surface area contributed by atoms with E-state index in [1.807, 2.05) is 0 Å². The SMILES string of the molecule is CCCCCC(C(C)(C)C)(C(C)(C)C)C(C)(C)C. The fraction of sp³-hybridized carbons (Fsp3) is 1.00. The summed E-state index contributed by atoms with van der Waals surface area (Å²) in [6.45, 7) is 24.3. The zero-order valence-electron chi connectivity index (χ0n) is 14.8. The lowest BCUT2D eigenvalue weighted by Crippen LogP contribution is -2.54. The number of hydrogen-bond acceptors (Lipinski definition) is 0. The first kappa shape index (κ1) is 18.0. The Kier molecular flexibility index (Phi) is 5.55. The molecule has 0 heterocycles. The smallest absolute Gasteiger partial charge is 0.0152 e. The van der Waals surface area contributed by atoms with E-state index >= 15 is 0 Å². The predicted octanol–water partition coefficient (Wildman–Crippen LogP) is 6.69. The molecule has 0 saturated carbocycles. The molecule has 0 heteroatoms. The molecule has 0 nitrogen and oxygen atoms in total. The first-order chi connectivity index (χ1) is 7.81. The van der Waals surface area contributed by atoms with Crippen molar-refractivity contribution in [2.24, 2.45) is 21.7 Å². The summed E-state index contributed by atoms with van der Waals surface area (Å²) in [4.78, 5) is 0. The lowest BCUT2D eigenvalue weighted by atomic mass is 9.43. The maximum Gasteiger partial charge on any atom is -0.0152 e. The minimum absolute atomic E-state index is 0.331. The highest BCUT2D eigenvalue weighted by Crippen LogP contribution is 2.63. The highest BCUT2D eigenvalue weighted by Gasteiger charge is 2.56. The van der Waals surface area contributed by atoms with E-state index in [9.17, 15) is 0 Å². The van der Waals surface area contributed by atoms with Gasteiger partial charge in [-0.25, -0.2) is 0 Å². The van der Waals surface area contributed by atoms with Crippen LogP contribution in [0.3, 0.4) is 0 Å². The van der Waals surface area contributed by atoms with Crippen molar-refractivity contribution < 1.29 is 0 Å². The topological polar surface area (TPSA) is 0 Å². The van der Waals surface area contributed by atoms with E-state index in [-0.39, 0.29) is 0 Å².